The van der Waals surface area contributed by atoms with E-state index < -0.39 is 5.97 Å². The molecule has 0 fully saturated rings. The van der Waals surface area contributed by atoms with Crippen LogP contribution in [0.4, 0.5) is 0 Å². The summed E-state index contributed by atoms with van der Waals surface area (Å²) in [7, 11) is 6.20. The van der Waals surface area contributed by atoms with Crippen molar-refractivity contribution in [1.82, 2.24) is 0 Å². The molecular weight excluding hydrogens is 166 g/mol. The van der Waals surface area contributed by atoms with Gasteiger partial charge < -0.3 is 9.59 Å². The van der Waals surface area contributed by atoms with Gasteiger partial charge in [-0.1, -0.05) is 20.8 Å². The van der Waals surface area contributed by atoms with E-state index in [0.29, 0.717) is 0 Å². The quantitative estimate of drug-likeness (QED) is 0.687. The van der Waals surface area contributed by atoms with Gasteiger partial charge in [0, 0.05) is 5.92 Å². The van der Waals surface area contributed by atoms with Gasteiger partial charge in [0.1, 0.15) is 0 Å². The van der Waals surface area contributed by atoms with Crippen LogP contribution in [-0.2, 0) is 4.79 Å². The fraction of sp³-hybridized carbons (Fsp3) is 0.900. The summed E-state index contributed by atoms with van der Waals surface area (Å²) in [5.41, 5.74) is 0. The van der Waals surface area contributed by atoms with Gasteiger partial charge in [-0.05, 0) is 0 Å². The first kappa shape index (κ1) is 14.9. The molecule has 0 aromatic carbocycles. The maximum absolute atomic E-state index is 10.3. The van der Waals surface area contributed by atoms with Gasteiger partial charge in [0.25, 0.3) is 0 Å². The zero-order chi connectivity index (χ0) is 11.1. The van der Waals surface area contributed by atoms with E-state index in [1.165, 1.54) is 0 Å². The van der Waals surface area contributed by atoms with Crippen molar-refractivity contribution in [2.75, 3.05) is 27.7 Å². The van der Waals surface area contributed by atoms with Crippen LogP contribution in [0.25, 0.3) is 0 Å². The van der Waals surface area contributed by atoms with E-state index in [4.69, 9.17) is 5.11 Å². The Morgan fingerprint density at radius 1 is 1.31 bits per heavy atom. The van der Waals surface area contributed by atoms with Gasteiger partial charge in [0.05, 0.1) is 34.1 Å². The highest BCUT2D eigenvalue weighted by atomic mass is 16.4. The molecule has 1 unspecified atom stereocenters. The maximum Gasteiger partial charge on any atom is 0.303 e. The molecule has 0 saturated carbocycles. The van der Waals surface area contributed by atoms with Gasteiger partial charge in [-0.3, -0.25) is 4.79 Å². The molecule has 0 bridgehead atoms. The van der Waals surface area contributed by atoms with Crippen molar-refractivity contribution in [3.63, 3.8) is 0 Å². The average Bonchev–Trinajstić information content (AvgIpc) is 1.85. The topological polar surface area (TPSA) is 37.3 Å². The van der Waals surface area contributed by atoms with Crippen molar-refractivity contribution >= 4 is 5.97 Å². The summed E-state index contributed by atoms with van der Waals surface area (Å²) in [6, 6.07) is 0. The molecule has 1 N–H and O–H groups in total. The first-order valence-electron chi connectivity index (χ1n) is 4.83. The highest BCUT2D eigenvalue weighted by Crippen LogP contribution is 2.06. The number of nitrogens with zero attached hydrogens (tertiary/aromatic N) is 1. The van der Waals surface area contributed by atoms with Crippen LogP contribution in [-0.4, -0.2) is 43.2 Å². The summed E-state index contributed by atoms with van der Waals surface area (Å²) in [6.45, 7) is 6.88. The Balaban J connectivity index is 0. The zero-order valence-electron chi connectivity index (χ0n) is 9.79. The Labute approximate surface area is 82.0 Å². The van der Waals surface area contributed by atoms with E-state index in [0.717, 1.165) is 11.0 Å². The van der Waals surface area contributed by atoms with E-state index >= 15 is 0 Å². The molecule has 3 nitrogen and oxygen atoms in total. The summed E-state index contributed by atoms with van der Waals surface area (Å²) >= 11 is 0. The van der Waals surface area contributed by atoms with Crippen molar-refractivity contribution in [3.8, 4) is 0 Å². The number of hydrogen-bond donors (Lipinski definition) is 1. The molecule has 1 atom stereocenters. The standard InChI is InChI=1S/C8H17NO2.C2H6/c1-7(5-8(10)11)6-9(2,3)4;1-2/h7H,5-6H2,1-4H3;1-2H3/p+1. The Morgan fingerprint density at radius 3 is 1.92 bits per heavy atom. The molecule has 0 aliphatic carbocycles. The third kappa shape index (κ3) is 14.3. The van der Waals surface area contributed by atoms with Crippen molar-refractivity contribution in [2.45, 2.75) is 27.2 Å². The van der Waals surface area contributed by atoms with Gasteiger partial charge >= 0.3 is 5.97 Å². The number of quaternary nitrogens is 1. The van der Waals surface area contributed by atoms with Gasteiger partial charge in [-0.25, -0.2) is 0 Å². The molecule has 0 aromatic rings. The van der Waals surface area contributed by atoms with E-state index in [-0.39, 0.29) is 12.3 Å². The minimum Gasteiger partial charge on any atom is -0.481 e. The third-order valence-electron chi connectivity index (χ3n) is 1.38. The number of hydrogen-bond acceptors (Lipinski definition) is 1. The Bertz CT molecular complexity index is 138. The molecule has 3 heteroatoms. The summed E-state index contributed by atoms with van der Waals surface area (Å²) in [6.07, 6.45) is 0.273. The SMILES string of the molecule is CC.CC(CC(=O)O)C[N+](C)(C)C. The lowest BCUT2D eigenvalue weighted by Crippen LogP contribution is -2.38. The first-order valence-corrected chi connectivity index (χ1v) is 4.83. The van der Waals surface area contributed by atoms with Crippen LogP contribution in [0.2, 0.25) is 0 Å². The number of carboxylic acids is 1. The van der Waals surface area contributed by atoms with E-state index in [1.807, 2.05) is 20.8 Å². The van der Waals surface area contributed by atoms with Crippen LogP contribution in [0.1, 0.15) is 27.2 Å². The third-order valence-corrected chi connectivity index (χ3v) is 1.38. The molecular formula is C10H24NO2+. The summed E-state index contributed by atoms with van der Waals surface area (Å²) < 4.78 is 0.828. The molecule has 0 amide bonds. The normalized spacial score (nSPS) is 12.8. The molecule has 0 aromatic heterocycles. The highest BCUT2D eigenvalue weighted by molar-refractivity contribution is 5.66. The lowest BCUT2D eigenvalue weighted by Gasteiger charge is -2.26. The van der Waals surface area contributed by atoms with Crippen molar-refractivity contribution in [3.05, 3.63) is 0 Å². The average molecular weight is 190 g/mol. The molecule has 0 rings (SSSR count). The van der Waals surface area contributed by atoms with Crippen LogP contribution in [0, 0.1) is 5.92 Å². The number of aliphatic carboxylic acids is 1. The molecule has 0 aliphatic rings. The van der Waals surface area contributed by atoms with E-state index in [2.05, 4.69) is 21.1 Å². The highest BCUT2D eigenvalue weighted by Gasteiger charge is 2.15. The second kappa shape index (κ2) is 6.89. The second-order valence-corrected chi connectivity index (χ2v) is 4.18. The predicted octanol–water partition coefficient (Wildman–Crippen LogP) is 1.83. The lowest BCUT2D eigenvalue weighted by molar-refractivity contribution is -0.873. The Hall–Kier alpha value is -0.570. The summed E-state index contributed by atoms with van der Waals surface area (Å²) in [5, 5.41) is 8.47. The zero-order valence-corrected chi connectivity index (χ0v) is 9.79. The van der Waals surface area contributed by atoms with E-state index in [9.17, 15) is 4.79 Å². The summed E-state index contributed by atoms with van der Waals surface area (Å²) in [5.74, 6) is -0.446. The van der Waals surface area contributed by atoms with Gasteiger partial charge in [-0.2, -0.15) is 0 Å². The fourth-order valence-electron chi connectivity index (χ4n) is 1.30. The van der Waals surface area contributed by atoms with Crippen LogP contribution < -0.4 is 0 Å². The van der Waals surface area contributed by atoms with Crippen LogP contribution in [0.15, 0.2) is 0 Å². The molecule has 0 spiro atoms. The monoisotopic (exact) mass is 190 g/mol. The molecule has 0 saturated heterocycles. The van der Waals surface area contributed by atoms with Gasteiger partial charge in [0.15, 0.2) is 0 Å². The number of carboxylic acid groups (broad SMARTS) is 1. The largest absolute Gasteiger partial charge is 0.481 e. The molecule has 13 heavy (non-hydrogen) atoms. The predicted molar refractivity (Wildman–Crippen MR) is 55.7 cm³/mol. The maximum atomic E-state index is 10.3. The number of rotatable bonds is 4. The van der Waals surface area contributed by atoms with Crippen LogP contribution in [0.3, 0.4) is 0 Å². The Morgan fingerprint density at radius 2 is 1.69 bits per heavy atom. The van der Waals surface area contributed by atoms with Crippen LogP contribution in [0.5, 0.6) is 0 Å². The Kier molecular flexibility index (Phi) is 7.92. The first-order chi connectivity index (χ1) is 5.81. The summed E-state index contributed by atoms with van der Waals surface area (Å²) in [4.78, 5) is 10.3. The van der Waals surface area contributed by atoms with E-state index in [1.54, 1.807) is 0 Å². The minimum atomic E-state index is -0.703. The van der Waals surface area contributed by atoms with Crippen molar-refractivity contribution in [2.24, 2.45) is 5.92 Å². The molecule has 80 valence electrons. The minimum absolute atomic E-state index is 0.257. The smallest absolute Gasteiger partial charge is 0.303 e. The van der Waals surface area contributed by atoms with Gasteiger partial charge in [0.2, 0.25) is 0 Å². The molecule has 0 aliphatic heterocycles. The van der Waals surface area contributed by atoms with Gasteiger partial charge in [-0.15, -0.1) is 0 Å². The lowest BCUT2D eigenvalue weighted by atomic mass is 10.1. The fourth-order valence-corrected chi connectivity index (χ4v) is 1.30. The number of carbonyl (C=O) groups is 1. The molecule has 0 heterocycles. The van der Waals surface area contributed by atoms with Crippen LogP contribution >= 0.6 is 0 Å². The van der Waals surface area contributed by atoms with Crippen molar-refractivity contribution in [1.29, 1.82) is 0 Å². The van der Waals surface area contributed by atoms with Crippen molar-refractivity contribution < 1.29 is 14.4 Å². The molecule has 0 radical (unpaired) electrons. The second-order valence-electron chi connectivity index (χ2n) is 4.18.